The summed E-state index contributed by atoms with van der Waals surface area (Å²) < 4.78 is 81.7. The number of nitrogens with zero attached hydrogens (tertiary/aromatic N) is 6. The van der Waals surface area contributed by atoms with Crippen LogP contribution in [0, 0.1) is 11.6 Å². The second-order valence-corrected chi connectivity index (χ2v) is 13.4. The lowest BCUT2D eigenvalue weighted by Crippen LogP contribution is -2.51. The van der Waals surface area contributed by atoms with Crippen LogP contribution in [-0.4, -0.2) is 94.0 Å². The first kappa shape index (κ1) is 32.0. The number of aromatic hydroxyl groups is 1. The highest BCUT2D eigenvalue weighted by atomic mass is 35.5. The molecule has 1 N–H and O–H groups in total. The zero-order chi connectivity index (χ0) is 33.2. The number of halogens is 6. The monoisotopic (exact) mass is 676 g/mol. The molecule has 2 aromatic heterocycles. The molecule has 0 aliphatic carbocycles. The summed E-state index contributed by atoms with van der Waals surface area (Å²) in [6.45, 7) is 4.90. The summed E-state index contributed by atoms with van der Waals surface area (Å²) in [5.41, 5.74) is -2.48. The molecular weight excluding hydrogens is 643 g/mol. The van der Waals surface area contributed by atoms with Crippen molar-refractivity contribution < 1.29 is 31.8 Å². The Morgan fingerprint density at radius 2 is 1.94 bits per heavy atom. The molecule has 3 fully saturated rings. The standard InChI is InChI=1S/C33H34ClF5N6O2/c1-3-20-16-44(10-9-43(20)2)30-23-14-40-28(22-12-21(46)11-18-5-6-24(36)27(37)25(18)22)26(33(34,38)39)29(23)41-31(42-30)47-17-32-7-4-8-45(32)15-19(35)13-32/h5-6,11-12,14,19-20,46H,3-4,7-10,13,15-17H2,1-2H3/t19-,20?,32+/m0/s1. The van der Waals surface area contributed by atoms with Gasteiger partial charge in [-0.25, -0.2) is 13.2 Å². The summed E-state index contributed by atoms with van der Waals surface area (Å²) in [7, 11) is 2.02. The number of ether oxygens (including phenoxy) is 1. The summed E-state index contributed by atoms with van der Waals surface area (Å²) in [5, 5.41) is 6.26. The van der Waals surface area contributed by atoms with Gasteiger partial charge in [-0.15, -0.1) is 0 Å². The number of benzene rings is 2. The van der Waals surface area contributed by atoms with E-state index in [4.69, 9.17) is 21.3 Å². The number of likely N-dealkylation sites (N-methyl/N-ethyl adjacent to an activating group) is 1. The van der Waals surface area contributed by atoms with Crippen molar-refractivity contribution in [3.8, 4) is 23.0 Å². The van der Waals surface area contributed by atoms with Crippen molar-refractivity contribution in [2.45, 2.75) is 55.7 Å². The first-order chi connectivity index (χ1) is 22.4. The lowest BCUT2D eigenvalue weighted by molar-refractivity contribution is 0.0965. The van der Waals surface area contributed by atoms with Crippen LogP contribution < -0.4 is 9.64 Å². The minimum Gasteiger partial charge on any atom is -0.508 e. The largest absolute Gasteiger partial charge is 0.508 e. The number of hydrogen-bond acceptors (Lipinski definition) is 8. The average molecular weight is 677 g/mol. The van der Waals surface area contributed by atoms with E-state index in [0.29, 0.717) is 32.0 Å². The number of alkyl halides is 4. The van der Waals surface area contributed by atoms with Gasteiger partial charge in [-0.05, 0) is 68.0 Å². The molecule has 3 aliphatic rings. The molecule has 0 radical (unpaired) electrons. The lowest BCUT2D eigenvalue weighted by Gasteiger charge is -2.40. The van der Waals surface area contributed by atoms with Crippen molar-refractivity contribution in [1.29, 1.82) is 0 Å². The molecule has 8 nitrogen and oxygen atoms in total. The van der Waals surface area contributed by atoms with Crippen LogP contribution in [0.3, 0.4) is 0 Å². The average Bonchev–Trinajstić information content (AvgIpc) is 3.55. The van der Waals surface area contributed by atoms with E-state index in [2.05, 4.69) is 26.7 Å². The van der Waals surface area contributed by atoms with Gasteiger partial charge in [-0.3, -0.25) is 14.8 Å². The number of aromatic nitrogens is 3. The smallest absolute Gasteiger partial charge is 0.352 e. The number of piperazine rings is 1. The Bertz CT molecular complexity index is 1860. The Morgan fingerprint density at radius 3 is 2.70 bits per heavy atom. The SMILES string of the molecule is CCC1CN(c2nc(OC[C@]34CCCN3C[C@@H](F)C4)nc3c(C(F)(F)Cl)c(-c4cc(O)cc5ccc(F)c(F)c45)ncc23)CCN1C. The number of rotatable bonds is 7. The van der Waals surface area contributed by atoms with Gasteiger partial charge in [0.2, 0.25) is 0 Å². The molecule has 3 saturated heterocycles. The maximum Gasteiger partial charge on any atom is 0.352 e. The van der Waals surface area contributed by atoms with Gasteiger partial charge < -0.3 is 14.7 Å². The third-order valence-electron chi connectivity index (χ3n) is 10.0. The van der Waals surface area contributed by atoms with Crippen LogP contribution >= 0.6 is 11.6 Å². The van der Waals surface area contributed by atoms with Gasteiger partial charge >= 0.3 is 11.4 Å². The minimum absolute atomic E-state index is 0.0604. The summed E-state index contributed by atoms with van der Waals surface area (Å²) in [4.78, 5) is 19.7. The Hall–Kier alpha value is -3.55. The molecule has 0 spiro atoms. The topological polar surface area (TPSA) is 77.8 Å². The van der Waals surface area contributed by atoms with Crippen LogP contribution in [0.5, 0.6) is 11.8 Å². The maximum atomic E-state index is 15.7. The molecule has 0 bridgehead atoms. The van der Waals surface area contributed by atoms with E-state index in [9.17, 15) is 13.9 Å². The normalized spacial score (nSPS) is 24.0. The Balaban J connectivity index is 1.44. The highest BCUT2D eigenvalue weighted by Gasteiger charge is 2.49. The van der Waals surface area contributed by atoms with Crippen molar-refractivity contribution >= 4 is 39.1 Å². The number of pyridine rings is 1. The second kappa shape index (κ2) is 11.9. The predicted octanol–water partition coefficient (Wildman–Crippen LogP) is 6.60. The van der Waals surface area contributed by atoms with Gasteiger partial charge in [0.1, 0.15) is 24.3 Å². The molecule has 7 rings (SSSR count). The first-order valence-corrected chi connectivity index (χ1v) is 16.1. The Morgan fingerprint density at radius 1 is 1.13 bits per heavy atom. The van der Waals surface area contributed by atoms with E-state index in [-0.39, 0.29) is 58.1 Å². The minimum atomic E-state index is -4.10. The maximum absolute atomic E-state index is 15.7. The van der Waals surface area contributed by atoms with Crippen LogP contribution in [0.15, 0.2) is 30.5 Å². The van der Waals surface area contributed by atoms with Crippen LogP contribution in [0.1, 0.15) is 38.2 Å². The third-order valence-corrected chi connectivity index (χ3v) is 10.2. The van der Waals surface area contributed by atoms with Gasteiger partial charge in [-0.1, -0.05) is 13.0 Å². The van der Waals surface area contributed by atoms with E-state index in [1.54, 1.807) is 0 Å². The molecule has 250 valence electrons. The third kappa shape index (κ3) is 5.59. The van der Waals surface area contributed by atoms with Gasteiger partial charge in [-0.2, -0.15) is 18.7 Å². The quantitative estimate of drug-likeness (QED) is 0.173. The Kier molecular flexibility index (Phi) is 8.07. The van der Waals surface area contributed by atoms with E-state index >= 15 is 13.2 Å². The van der Waals surface area contributed by atoms with Crippen molar-refractivity contribution in [3.63, 3.8) is 0 Å². The molecule has 4 aromatic rings. The number of phenolic OH excluding ortho intramolecular Hbond substituents is 1. The Labute approximate surface area is 273 Å². The summed E-state index contributed by atoms with van der Waals surface area (Å²) in [6, 6.07) is 4.31. The molecule has 5 heterocycles. The van der Waals surface area contributed by atoms with Crippen LogP contribution in [0.4, 0.5) is 27.8 Å². The molecular formula is C33H34ClF5N6O2. The van der Waals surface area contributed by atoms with Crippen molar-refractivity contribution in [2.75, 3.05) is 51.3 Å². The van der Waals surface area contributed by atoms with Crippen LogP contribution in [0.2, 0.25) is 0 Å². The van der Waals surface area contributed by atoms with Crippen LogP contribution in [0.25, 0.3) is 32.9 Å². The van der Waals surface area contributed by atoms with E-state index < -0.39 is 40.0 Å². The predicted molar refractivity (Wildman–Crippen MR) is 169 cm³/mol. The fraction of sp³-hybridized carbons (Fsp3) is 0.485. The molecule has 2 aromatic carbocycles. The van der Waals surface area contributed by atoms with Crippen molar-refractivity contribution in [1.82, 2.24) is 24.8 Å². The fourth-order valence-corrected chi connectivity index (χ4v) is 7.80. The lowest BCUT2D eigenvalue weighted by atomic mass is 9.95. The highest BCUT2D eigenvalue weighted by Crippen LogP contribution is 2.47. The number of anilines is 1. The number of hydrogen-bond donors (Lipinski definition) is 1. The first-order valence-electron chi connectivity index (χ1n) is 15.7. The molecule has 0 amide bonds. The van der Waals surface area contributed by atoms with E-state index in [1.165, 1.54) is 18.3 Å². The second-order valence-electron chi connectivity index (χ2n) is 12.9. The number of fused-ring (bicyclic) bond motifs is 3. The molecule has 1 unspecified atom stereocenters. The molecule has 3 atom stereocenters. The van der Waals surface area contributed by atoms with Gasteiger partial charge in [0.15, 0.2) is 11.6 Å². The summed E-state index contributed by atoms with van der Waals surface area (Å²) in [5.74, 6) is -2.55. The zero-order valence-electron chi connectivity index (χ0n) is 25.9. The summed E-state index contributed by atoms with van der Waals surface area (Å²) >= 11 is 5.81. The number of phenols is 1. The van der Waals surface area contributed by atoms with Crippen molar-refractivity contribution in [2.24, 2.45) is 0 Å². The molecule has 47 heavy (non-hydrogen) atoms. The van der Waals surface area contributed by atoms with Gasteiger partial charge in [0.05, 0.1) is 27.7 Å². The zero-order valence-corrected chi connectivity index (χ0v) is 26.7. The highest BCUT2D eigenvalue weighted by molar-refractivity contribution is 6.23. The molecule has 0 saturated carbocycles. The molecule has 3 aliphatic heterocycles. The summed E-state index contributed by atoms with van der Waals surface area (Å²) in [6.07, 6.45) is 3.03. The van der Waals surface area contributed by atoms with E-state index in [0.717, 1.165) is 37.9 Å². The van der Waals surface area contributed by atoms with Crippen molar-refractivity contribution in [3.05, 3.63) is 47.7 Å². The van der Waals surface area contributed by atoms with E-state index in [1.807, 2.05) is 11.9 Å². The fourth-order valence-electron chi connectivity index (χ4n) is 7.63. The van der Waals surface area contributed by atoms with Gasteiger partial charge in [0.25, 0.3) is 0 Å². The van der Waals surface area contributed by atoms with Crippen LogP contribution in [-0.2, 0) is 5.38 Å². The molecule has 14 heteroatoms. The van der Waals surface area contributed by atoms with Gasteiger partial charge in [0, 0.05) is 55.8 Å².